The van der Waals surface area contributed by atoms with E-state index in [4.69, 9.17) is 0 Å². The number of ketones is 1. The van der Waals surface area contributed by atoms with Gasteiger partial charge in [0.25, 0.3) is 0 Å². The van der Waals surface area contributed by atoms with Crippen LogP contribution >= 0.6 is 7.14 Å². The highest BCUT2D eigenvalue weighted by Gasteiger charge is 2.55. The third-order valence-electron chi connectivity index (χ3n) is 6.11. The second kappa shape index (κ2) is 7.53. The van der Waals surface area contributed by atoms with E-state index in [0.29, 0.717) is 0 Å². The predicted molar refractivity (Wildman–Crippen MR) is 115 cm³/mol. The van der Waals surface area contributed by atoms with Gasteiger partial charge in [0, 0.05) is 17.1 Å². The van der Waals surface area contributed by atoms with Crippen molar-refractivity contribution in [1.82, 2.24) is 0 Å². The molecule has 0 N–H and O–H groups in total. The molecule has 1 aliphatic heterocycles. The van der Waals surface area contributed by atoms with Gasteiger partial charge in [-0.1, -0.05) is 105 Å². The fraction of sp³-hybridized carbons (Fsp3) is 0.240. The average Bonchev–Trinajstić information content (AvgIpc) is 2.74. The Morgan fingerprint density at radius 2 is 0.964 bits per heavy atom. The minimum absolute atomic E-state index is 0.199. The standard InChI is InChI=1S/C25H25O2P/c1-18-23(26)19(2)25(21-14-8-4-9-15-21)28(27,22-16-10-5-11-17-22)24(18)20-12-6-3-7-13-20/h3-19,24-25H,1-2H3. The molecule has 1 fully saturated rings. The number of hydrogen-bond donors (Lipinski definition) is 0. The van der Waals surface area contributed by atoms with Crippen LogP contribution in [-0.4, -0.2) is 5.78 Å². The van der Waals surface area contributed by atoms with E-state index >= 15 is 4.57 Å². The lowest BCUT2D eigenvalue weighted by Crippen LogP contribution is -2.38. The molecule has 3 aromatic carbocycles. The summed E-state index contributed by atoms with van der Waals surface area (Å²) in [5, 5.41) is 0.865. The SMILES string of the molecule is CC1C(=O)C(C)C(c2ccccc2)P(=O)(c2ccccc2)C1c1ccccc1. The van der Waals surface area contributed by atoms with E-state index < -0.39 is 7.14 Å². The van der Waals surface area contributed by atoms with Crippen molar-refractivity contribution in [1.29, 1.82) is 0 Å². The number of benzene rings is 3. The normalized spacial score (nSPS) is 30.1. The maximum Gasteiger partial charge on any atom is 0.140 e. The van der Waals surface area contributed by atoms with Crippen LogP contribution < -0.4 is 5.30 Å². The molecular formula is C25H25O2P. The minimum Gasteiger partial charge on any atom is -0.317 e. The second-order valence-electron chi connectivity index (χ2n) is 7.74. The molecule has 4 rings (SSSR count). The van der Waals surface area contributed by atoms with E-state index in [2.05, 4.69) is 0 Å². The Morgan fingerprint density at radius 1 is 0.607 bits per heavy atom. The summed E-state index contributed by atoms with van der Waals surface area (Å²) in [5.41, 5.74) is 1.35. The number of hydrogen-bond acceptors (Lipinski definition) is 2. The Kier molecular flexibility index (Phi) is 5.08. The van der Waals surface area contributed by atoms with Crippen molar-refractivity contribution in [2.45, 2.75) is 25.2 Å². The van der Waals surface area contributed by atoms with Crippen LogP contribution in [0.15, 0.2) is 91.0 Å². The Hall–Kier alpha value is -2.44. The lowest BCUT2D eigenvalue weighted by atomic mass is 9.85. The fourth-order valence-electron chi connectivity index (χ4n) is 4.87. The van der Waals surface area contributed by atoms with Crippen LogP contribution in [0.25, 0.3) is 0 Å². The van der Waals surface area contributed by atoms with Gasteiger partial charge in [-0.3, -0.25) is 4.79 Å². The molecule has 3 heteroatoms. The monoisotopic (exact) mass is 388 g/mol. The van der Waals surface area contributed by atoms with Crippen LogP contribution in [0.3, 0.4) is 0 Å². The molecule has 0 saturated carbocycles. The summed E-state index contributed by atoms with van der Waals surface area (Å²) in [7, 11) is -3.00. The van der Waals surface area contributed by atoms with Crippen LogP contribution in [0.5, 0.6) is 0 Å². The van der Waals surface area contributed by atoms with Gasteiger partial charge in [0.1, 0.15) is 12.9 Å². The molecular weight excluding hydrogens is 363 g/mol. The van der Waals surface area contributed by atoms with Crippen molar-refractivity contribution in [3.8, 4) is 0 Å². The third kappa shape index (κ3) is 2.97. The number of Topliss-reactive ketones (excluding diaryl/α,β-unsaturated/α-hetero) is 1. The molecule has 1 heterocycles. The van der Waals surface area contributed by atoms with Crippen molar-refractivity contribution in [3.05, 3.63) is 102 Å². The first-order valence-electron chi connectivity index (χ1n) is 9.83. The van der Waals surface area contributed by atoms with Crippen molar-refractivity contribution >= 4 is 18.2 Å². The molecule has 3 aromatic rings. The maximum atomic E-state index is 15.1. The number of carbonyl (C=O) groups is 1. The Morgan fingerprint density at radius 3 is 1.36 bits per heavy atom. The zero-order valence-electron chi connectivity index (χ0n) is 16.2. The summed E-state index contributed by atoms with van der Waals surface area (Å²) in [4.78, 5) is 13.3. The molecule has 1 aliphatic rings. The van der Waals surface area contributed by atoms with Crippen molar-refractivity contribution < 1.29 is 9.36 Å². The number of carbonyl (C=O) groups excluding carboxylic acids is 1. The van der Waals surface area contributed by atoms with Crippen LogP contribution in [0, 0.1) is 11.8 Å². The van der Waals surface area contributed by atoms with Crippen LogP contribution in [-0.2, 0) is 9.36 Å². The molecule has 2 nitrogen and oxygen atoms in total. The maximum absolute atomic E-state index is 15.1. The Balaban J connectivity index is 2.01. The van der Waals surface area contributed by atoms with E-state index in [1.165, 1.54) is 0 Å². The molecule has 1 saturated heterocycles. The highest BCUT2D eigenvalue weighted by Crippen LogP contribution is 2.74. The topological polar surface area (TPSA) is 34.1 Å². The summed E-state index contributed by atoms with van der Waals surface area (Å²) in [6.07, 6.45) is 0. The smallest absolute Gasteiger partial charge is 0.140 e. The predicted octanol–water partition coefficient (Wildman–Crippen LogP) is 6.01. The average molecular weight is 388 g/mol. The molecule has 0 amide bonds. The van der Waals surface area contributed by atoms with E-state index in [1.807, 2.05) is 105 Å². The van der Waals surface area contributed by atoms with Gasteiger partial charge in [-0.15, -0.1) is 0 Å². The first kappa shape index (κ1) is 18.9. The van der Waals surface area contributed by atoms with Crippen molar-refractivity contribution in [2.75, 3.05) is 0 Å². The zero-order valence-corrected chi connectivity index (χ0v) is 17.1. The molecule has 0 spiro atoms. The Bertz CT molecular complexity index is 939. The van der Waals surface area contributed by atoms with Crippen LogP contribution in [0.2, 0.25) is 0 Å². The minimum atomic E-state index is -3.00. The summed E-state index contributed by atoms with van der Waals surface area (Å²) in [6, 6.07) is 29.7. The van der Waals surface area contributed by atoms with Gasteiger partial charge in [-0.25, -0.2) is 0 Å². The molecule has 142 valence electrons. The van der Waals surface area contributed by atoms with Gasteiger partial charge in [-0.2, -0.15) is 0 Å². The van der Waals surface area contributed by atoms with Gasteiger partial charge in [0.2, 0.25) is 0 Å². The lowest BCUT2D eigenvalue weighted by Gasteiger charge is -2.45. The summed E-state index contributed by atoms with van der Waals surface area (Å²) >= 11 is 0. The first-order chi connectivity index (χ1) is 13.5. The van der Waals surface area contributed by atoms with Gasteiger partial charge in [0.05, 0.1) is 11.3 Å². The number of rotatable bonds is 3. The Labute approximate surface area is 167 Å². The van der Waals surface area contributed by atoms with Crippen LogP contribution in [0.4, 0.5) is 0 Å². The lowest BCUT2D eigenvalue weighted by molar-refractivity contribution is -0.126. The molecule has 0 aromatic heterocycles. The molecule has 4 atom stereocenters. The molecule has 4 unspecified atom stereocenters. The van der Waals surface area contributed by atoms with E-state index in [0.717, 1.165) is 16.4 Å². The summed E-state index contributed by atoms with van der Waals surface area (Å²) < 4.78 is 15.1. The van der Waals surface area contributed by atoms with Crippen molar-refractivity contribution in [3.63, 3.8) is 0 Å². The summed E-state index contributed by atoms with van der Waals surface area (Å²) in [5.74, 6) is -0.378. The van der Waals surface area contributed by atoms with Gasteiger partial charge >= 0.3 is 0 Å². The highest BCUT2D eigenvalue weighted by molar-refractivity contribution is 7.72. The van der Waals surface area contributed by atoms with E-state index in [9.17, 15) is 4.79 Å². The first-order valence-corrected chi connectivity index (χ1v) is 11.7. The van der Waals surface area contributed by atoms with E-state index in [-0.39, 0.29) is 28.9 Å². The molecule has 0 bridgehead atoms. The van der Waals surface area contributed by atoms with E-state index in [1.54, 1.807) is 0 Å². The second-order valence-corrected chi connectivity index (χ2v) is 10.8. The summed E-state index contributed by atoms with van der Waals surface area (Å²) in [6.45, 7) is 3.90. The van der Waals surface area contributed by atoms with Crippen LogP contribution in [0.1, 0.15) is 36.3 Å². The highest BCUT2D eigenvalue weighted by atomic mass is 31.2. The third-order valence-corrected chi connectivity index (χ3v) is 10.4. The van der Waals surface area contributed by atoms with Gasteiger partial charge in [-0.05, 0) is 11.1 Å². The zero-order chi connectivity index (χ0) is 19.7. The molecule has 0 radical (unpaired) electrons. The molecule has 28 heavy (non-hydrogen) atoms. The van der Waals surface area contributed by atoms with Gasteiger partial charge in [0.15, 0.2) is 0 Å². The molecule has 0 aliphatic carbocycles. The van der Waals surface area contributed by atoms with Gasteiger partial charge < -0.3 is 4.57 Å². The fourth-order valence-corrected chi connectivity index (χ4v) is 9.35. The quantitative estimate of drug-likeness (QED) is 0.515. The largest absolute Gasteiger partial charge is 0.317 e. The van der Waals surface area contributed by atoms with Crippen molar-refractivity contribution in [2.24, 2.45) is 11.8 Å².